The molecule has 5 rings (SSSR count). The second kappa shape index (κ2) is 8.48. The molecule has 0 N–H and O–H groups in total. The van der Waals surface area contributed by atoms with Gasteiger partial charge in [-0.25, -0.2) is 0 Å². The van der Waals surface area contributed by atoms with Crippen LogP contribution < -0.4 is 4.74 Å². The van der Waals surface area contributed by atoms with Gasteiger partial charge in [-0.05, 0) is 41.0 Å². The van der Waals surface area contributed by atoms with E-state index in [0.29, 0.717) is 17.0 Å². The van der Waals surface area contributed by atoms with Crippen LogP contribution in [0.3, 0.4) is 0 Å². The van der Waals surface area contributed by atoms with Gasteiger partial charge in [-0.1, -0.05) is 64.5 Å². The molecule has 0 saturated heterocycles. The average Bonchev–Trinajstić information content (AvgIpc) is 2.83. The first-order valence-electron chi connectivity index (χ1n) is 10.1. The normalized spacial score (nSPS) is 16.2. The molecule has 1 aromatic heterocycles. The summed E-state index contributed by atoms with van der Waals surface area (Å²) in [5.41, 5.74) is 3.83. The third-order valence-electron chi connectivity index (χ3n) is 5.58. The predicted molar refractivity (Wildman–Crippen MR) is 123 cm³/mol. The van der Waals surface area contributed by atoms with Gasteiger partial charge in [-0.15, -0.1) is 0 Å². The molecular formula is C26H17BrN2O3. The Morgan fingerprint density at radius 1 is 0.844 bits per heavy atom. The zero-order valence-electron chi connectivity index (χ0n) is 16.8. The van der Waals surface area contributed by atoms with Crippen LogP contribution in [-0.4, -0.2) is 21.7 Å². The van der Waals surface area contributed by atoms with Gasteiger partial charge in [-0.2, -0.15) is 0 Å². The standard InChI is InChI=1S/C26H17BrN2O3/c27-19-11-9-17(10-12-19)16-5-7-18(8-6-16)23(21-15-28-13-14-29-21)24-25(30)20-3-1-2-4-22(20)32-26(24)31/h1-15,23-24H. The zero-order chi connectivity index (χ0) is 22.1. The van der Waals surface area contributed by atoms with Crippen LogP contribution in [0.5, 0.6) is 5.75 Å². The highest BCUT2D eigenvalue weighted by Gasteiger charge is 2.43. The number of fused-ring (bicyclic) bond motifs is 1. The quantitative estimate of drug-likeness (QED) is 0.218. The van der Waals surface area contributed by atoms with Crippen molar-refractivity contribution in [3.8, 4) is 16.9 Å². The van der Waals surface area contributed by atoms with Gasteiger partial charge in [-0.3, -0.25) is 19.6 Å². The molecule has 1 aliphatic rings. The molecule has 1 aliphatic heterocycles. The highest BCUT2D eigenvalue weighted by atomic mass is 79.9. The average molecular weight is 485 g/mol. The summed E-state index contributed by atoms with van der Waals surface area (Å²) in [7, 11) is 0. The Morgan fingerprint density at radius 3 is 2.22 bits per heavy atom. The van der Waals surface area contributed by atoms with Crippen molar-refractivity contribution in [2.24, 2.45) is 5.92 Å². The lowest BCUT2D eigenvalue weighted by Gasteiger charge is -2.28. The van der Waals surface area contributed by atoms with Gasteiger partial charge in [0.1, 0.15) is 11.7 Å². The lowest BCUT2D eigenvalue weighted by Crippen LogP contribution is -2.38. The van der Waals surface area contributed by atoms with E-state index in [1.165, 1.54) is 0 Å². The fourth-order valence-corrected chi connectivity index (χ4v) is 4.29. The highest BCUT2D eigenvalue weighted by molar-refractivity contribution is 9.10. The van der Waals surface area contributed by atoms with Crippen molar-refractivity contribution in [3.05, 3.63) is 113 Å². The van der Waals surface area contributed by atoms with Gasteiger partial charge in [0.05, 0.1) is 11.3 Å². The molecule has 5 nitrogen and oxygen atoms in total. The fraction of sp³-hybridized carbons (Fsp3) is 0.0769. The minimum Gasteiger partial charge on any atom is -0.425 e. The van der Waals surface area contributed by atoms with E-state index in [0.717, 1.165) is 21.2 Å². The number of carbonyl (C=O) groups is 2. The van der Waals surface area contributed by atoms with Crippen molar-refractivity contribution in [1.82, 2.24) is 9.97 Å². The zero-order valence-corrected chi connectivity index (χ0v) is 18.4. The molecule has 2 atom stereocenters. The number of benzene rings is 3. The summed E-state index contributed by atoms with van der Waals surface area (Å²) >= 11 is 3.45. The number of esters is 1. The van der Waals surface area contributed by atoms with Crippen molar-refractivity contribution in [2.75, 3.05) is 0 Å². The summed E-state index contributed by atoms with van der Waals surface area (Å²) in [4.78, 5) is 34.9. The minimum absolute atomic E-state index is 0.274. The third kappa shape index (κ3) is 3.74. The van der Waals surface area contributed by atoms with Crippen LogP contribution in [0.25, 0.3) is 11.1 Å². The Bertz CT molecular complexity index is 1290. The van der Waals surface area contributed by atoms with Gasteiger partial charge in [0, 0.05) is 29.0 Å². The smallest absolute Gasteiger partial charge is 0.323 e. The summed E-state index contributed by atoms with van der Waals surface area (Å²) in [5.74, 6) is -2.22. The predicted octanol–water partition coefficient (Wildman–Crippen LogP) is 5.46. The maximum Gasteiger partial charge on any atom is 0.323 e. The number of aromatic nitrogens is 2. The van der Waals surface area contributed by atoms with E-state index in [1.54, 1.807) is 42.9 Å². The molecular weight excluding hydrogens is 468 g/mol. The number of hydrogen-bond acceptors (Lipinski definition) is 5. The number of Topliss-reactive ketones (excluding diaryl/α,β-unsaturated/α-hetero) is 1. The molecule has 3 aromatic carbocycles. The van der Waals surface area contributed by atoms with Gasteiger partial charge in [0.2, 0.25) is 0 Å². The number of halogens is 1. The number of nitrogens with zero attached hydrogens (tertiary/aromatic N) is 2. The number of ether oxygens (including phenoxy) is 1. The Kier molecular flexibility index (Phi) is 5.37. The van der Waals surface area contributed by atoms with E-state index in [9.17, 15) is 9.59 Å². The molecule has 32 heavy (non-hydrogen) atoms. The number of ketones is 1. The fourth-order valence-electron chi connectivity index (χ4n) is 4.02. The van der Waals surface area contributed by atoms with Crippen LogP contribution in [0.2, 0.25) is 0 Å². The van der Waals surface area contributed by atoms with Crippen LogP contribution in [0, 0.1) is 5.92 Å². The monoisotopic (exact) mass is 484 g/mol. The summed E-state index contributed by atoms with van der Waals surface area (Å²) in [6.07, 6.45) is 4.72. The van der Waals surface area contributed by atoms with E-state index in [-0.39, 0.29) is 5.78 Å². The summed E-state index contributed by atoms with van der Waals surface area (Å²) in [5, 5.41) is 0. The molecule has 156 valence electrons. The Balaban J connectivity index is 1.57. The Hall–Kier alpha value is -3.64. The maximum atomic E-state index is 13.4. The van der Waals surface area contributed by atoms with Gasteiger partial charge in [0.25, 0.3) is 0 Å². The van der Waals surface area contributed by atoms with Crippen LogP contribution in [-0.2, 0) is 4.79 Å². The summed E-state index contributed by atoms with van der Waals surface area (Å²) in [6.45, 7) is 0. The largest absolute Gasteiger partial charge is 0.425 e. The second-order valence-corrected chi connectivity index (χ2v) is 8.41. The molecule has 6 heteroatoms. The van der Waals surface area contributed by atoms with Crippen LogP contribution in [0.1, 0.15) is 27.5 Å². The molecule has 2 unspecified atom stereocenters. The van der Waals surface area contributed by atoms with Crippen molar-refractivity contribution in [1.29, 1.82) is 0 Å². The molecule has 0 amide bonds. The van der Waals surface area contributed by atoms with Crippen LogP contribution in [0.15, 0.2) is 95.9 Å². The molecule has 0 bridgehead atoms. The van der Waals surface area contributed by atoms with Crippen molar-refractivity contribution < 1.29 is 14.3 Å². The summed E-state index contributed by atoms with van der Waals surface area (Å²) in [6, 6.07) is 22.7. The van der Waals surface area contributed by atoms with Crippen molar-refractivity contribution in [3.63, 3.8) is 0 Å². The van der Waals surface area contributed by atoms with Gasteiger partial charge in [0.15, 0.2) is 5.78 Å². The number of hydrogen-bond donors (Lipinski definition) is 0. The van der Waals surface area contributed by atoms with Gasteiger partial charge < -0.3 is 4.74 Å². The van der Waals surface area contributed by atoms with E-state index in [4.69, 9.17) is 4.74 Å². The molecule has 0 spiro atoms. The van der Waals surface area contributed by atoms with Crippen LogP contribution >= 0.6 is 15.9 Å². The first-order valence-corrected chi connectivity index (χ1v) is 10.9. The SMILES string of the molecule is O=C1Oc2ccccc2C(=O)C1C(c1ccc(-c2ccc(Br)cc2)cc1)c1cnccn1. The van der Waals surface area contributed by atoms with E-state index in [1.807, 2.05) is 48.5 Å². The third-order valence-corrected chi connectivity index (χ3v) is 6.11. The second-order valence-electron chi connectivity index (χ2n) is 7.50. The molecule has 4 aromatic rings. The van der Waals surface area contributed by atoms with E-state index >= 15 is 0 Å². The highest BCUT2D eigenvalue weighted by Crippen LogP contribution is 2.39. The first-order chi connectivity index (χ1) is 15.6. The number of carbonyl (C=O) groups excluding carboxylic acids is 2. The molecule has 0 saturated carbocycles. The minimum atomic E-state index is -1.04. The Labute approximate surface area is 193 Å². The lowest BCUT2D eigenvalue weighted by atomic mass is 9.78. The van der Waals surface area contributed by atoms with E-state index in [2.05, 4.69) is 25.9 Å². The van der Waals surface area contributed by atoms with Crippen LogP contribution in [0.4, 0.5) is 0 Å². The van der Waals surface area contributed by atoms with Gasteiger partial charge >= 0.3 is 5.97 Å². The molecule has 0 fully saturated rings. The lowest BCUT2D eigenvalue weighted by molar-refractivity contribution is -0.138. The summed E-state index contributed by atoms with van der Waals surface area (Å²) < 4.78 is 6.54. The topological polar surface area (TPSA) is 69.2 Å². The number of rotatable bonds is 4. The Morgan fingerprint density at radius 2 is 1.53 bits per heavy atom. The maximum absolute atomic E-state index is 13.4. The number of para-hydroxylation sites is 1. The molecule has 2 heterocycles. The van der Waals surface area contributed by atoms with Crippen molar-refractivity contribution in [2.45, 2.75) is 5.92 Å². The van der Waals surface area contributed by atoms with Crippen molar-refractivity contribution >= 4 is 27.7 Å². The molecule has 0 aliphatic carbocycles. The van der Waals surface area contributed by atoms with E-state index < -0.39 is 17.8 Å². The first kappa shape index (κ1) is 20.3. The molecule has 0 radical (unpaired) electrons.